The predicted octanol–water partition coefficient (Wildman–Crippen LogP) is 3.87. The molecule has 2 bridgehead atoms. The van der Waals surface area contributed by atoms with Crippen LogP contribution in [0.25, 0.3) is 0 Å². The van der Waals surface area contributed by atoms with Crippen molar-refractivity contribution in [2.45, 2.75) is 63.8 Å². The third kappa shape index (κ3) is 1.89. The van der Waals surface area contributed by atoms with Crippen molar-refractivity contribution < 1.29 is 0 Å². The fourth-order valence-corrected chi connectivity index (χ4v) is 5.00. The number of aromatic nitrogens is 2. The molecule has 0 radical (unpaired) electrons. The van der Waals surface area contributed by atoms with Crippen LogP contribution in [0.2, 0.25) is 0 Å². The maximum atomic E-state index is 9.73. The highest BCUT2D eigenvalue weighted by Crippen LogP contribution is 2.56. The Morgan fingerprint density at radius 3 is 2.80 bits per heavy atom. The highest BCUT2D eigenvalue weighted by Gasteiger charge is 2.51. The van der Waals surface area contributed by atoms with Crippen molar-refractivity contribution in [3.05, 3.63) is 18.0 Å². The van der Waals surface area contributed by atoms with E-state index < -0.39 is 0 Å². The smallest absolute Gasteiger partial charge is 0.0696 e. The molecule has 3 heteroatoms. The molecule has 0 spiro atoms. The van der Waals surface area contributed by atoms with E-state index in [-0.39, 0.29) is 5.41 Å². The summed E-state index contributed by atoms with van der Waals surface area (Å²) in [5.41, 5.74) is 1.05. The maximum Gasteiger partial charge on any atom is 0.0696 e. The molecule has 3 saturated carbocycles. The van der Waals surface area contributed by atoms with Gasteiger partial charge in [0.2, 0.25) is 0 Å². The van der Waals surface area contributed by atoms with Gasteiger partial charge in [0.1, 0.15) is 0 Å². The monoisotopic (exact) mass is 269 g/mol. The van der Waals surface area contributed by atoms with Gasteiger partial charge in [0, 0.05) is 12.6 Å². The molecule has 3 unspecified atom stereocenters. The lowest BCUT2D eigenvalue weighted by molar-refractivity contribution is 0.236. The molecular weight excluding hydrogens is 246 g/mol. The van der Waals surface area contributed by atoms with Gasteiger partial charge in [-0.3, -0.25) is 4.68 Å². The lowest BCUT2D eigenvalue weighted by Crippen LogP contribution is -2.28. The van der Waals surface area contributed by atoms with E-state index in [4.69, 9.17) is 5.10 Å². The minimum absolute atomic E-state index is 0.0994. The summed E-state index contributed by atoms with van der Waals surface area (Å²) in [5.74, 6) is 1.45. The molecule has 0 N–H and O–H groups in total. The number of hydrogen-bond acceptors (Lipinski definition) is 2. The van der Waals surface area contributed by atoms with Crippen LogP contribution in [0, 0.1) is 28.6 Å². The molecule has 106 valence electrons. The van der Waals surface area contributed by atoms with Gasteiger partial charge in [0.25, 0.3) is 0 Å². The van der Waals surface area contributed by atoms with Crippen LogP contribution in [0.5, 0.6) is 0 Å². The molecule has 3 aliphatic rings. The van der Waals surface area contributed by atoms with Gasteiger partial charge in [-0.05, 0) is 50.0 Å². The lowest BCUT2D eigenvalue weighted by atomic mass is 9.71. The van der Waals surface area contributed by atoms with Crippen molar-refractivity contribution in [2.24, 2.45) is 17.3 Å². The number of nitrogens with zero attached hydrogens (tertiary/aromatic N) is 3. The SMILES string of the molecule is N#CC1(Cc2ccn(C3CCCC3)n2)CC2CCC1C2. The Morgan fingerprint density at radius 2 is 2.15 bits per heavy atom. The van der Waals surface area contributed by atoms with E-state index >= 15 is 0 Å². The summed E-state index contributed by atoms with van der Waals surface area (Å²) < 4.78 is 2.17. The van der Waals surface area contributed by atoms with E-state index in [1.54, 1.807) is 0 Å². The van der Waals surface area contributed by atoms with Crippen molar-refractivity contribution in [1.29, 1.82) is 5.26 Å². The number of hydrogen-bond donors (Lipinski definition) is 0. The fourth-order valence-electron chi connectivity index (χ4n) is 5.00. The van der Waals surface area contributed by atoms with Crippen molar-refractivity contribution >= 4 is 0 Å². The molecule has 20 heavy (non-hydrogen) atoms. The zero-order chi connectivity index (χ0) is 13.6. The molecule has 3 fully saturated rings. The van der Waals surface area contributed by atoms with Gasteiger partial charge in [-0.1, -0.05) is 19.3 Å². The lowest BCUT2D eigenvalue weighted by Gasteiger charge is -2.30. The van der Waals surface area contributed by atoms with Gasteiger partial charge in [0.05, 0.1) is 23.2 Å². The molecule has 0 saturated heterocycles. The largest absolute Gasteiger partial charge is 0.269 e. The number of fused-ring (bicyclic) bond motifs is 2. The van der Waals surface area contributed by atoms with E-state index in [1.807, 2.05) is 0 Å². The first-order valence-corrected chi connectivity index (χ1v) is 8.24. The van der Waals surface area contributed by atoms with Crippen molar-refractivity contribution in [1.82, 2.24) is 9.78 Å². The topological polar surface area (TPSA) is 41.6 Å². The molecule has 3 aliphatic carbocycles. The Hall–Kier alpha value is -1.30. The summed E-state index contributed by atoms with van der Waals surface area (Å²) in [6, 6.07) is 5.46. The van der Waals surface area contributed by atoms with Gasteiger partial charge in [-0.15, -0.1) is 0 Å². The molecule has 1 aromatic heterocycles. The molecule has 4 rings (SSSR count). The van der Waals surface area contributed by atoms with Crippen LogP contribution in [-0.4, -0.2) is 9.78 Å². The summed E-state index contributed by atoms with van der Waals surface area (Å²) in [6.45, 7) is 0. The Labute approximate surface area is 121 Å². The standard InChI is InChI=1S/C17H23N3/c18-12-17(10-13-5-6-14(17)9-13)11-15-7-8-20(19-15)16-3-1-2-4-16/h7-8,13-14,16H,1-6,9-11H2. The summed E-state index contributed by atoms with van der Waals surface area (Å²) in [5, 5.41) is 14.5. The first-order chi connectivity index (χ1) is 9.79. The zero-order valence-corrected chi connectivity index (χ0v) is 12.1. The molecule has 3 nitrogen and oxygen atoms in total. The predicted molar refractivity (Wildman–Crippen MR) is 76.9 cm³/mol. The third-order valence-corrected chi connectivity index (χ3v) is 6.06. The average molecular weight is 269 g/mol. The van der Waals surface area contributed by atoms with Gasteiger partial charge >= 0.3 is 0 Å². The average Bonchev–Trinajstić information content (AvgIpc) is 3.22. The maximum absolute atomic E-state index is 9.73. The second-order valence-corrected chi connectivity index (χ2v) is 7.25. The first kappa shape index (κ1) is 12.4. The molecule has 1 aromatic rings. The van der Waals surface area contributed by atoms with Crippen LogP contribution in [-0.2, 0) is 6.42 Å². The summed E-state index contributed by atoms with van der Waals surface area (Å²) >= 11 is 0. The summed E-state index contributed by atoms with van der Waals surface area (Å²) in [4.78, 5) is 0. The Morgan fingerprint density at radius 1 is 1.30 bits per heavy atom. The van der Waals surface area contributed by atoms with Crippen LogP contribution in [0.15, 0.2) is 12.3 Å². The van der Waals surface area contributed by atoms with E-state index in [1.165, 1.54) is 44.9 Å². The summed E-state index contributed by atoms with van der Waals surface area (Å²) in [6.07, 6.45) is 13.3. The Bertz CT molecular complexity index is 535. The molecule has 0 aliphatic heterocycles. The molecular formula is C17H23N3. The Balaban J connectivity index is 1.52. The van der Waals surface area contributed by atoms with E-state index in [0.29, 0.717) is 12.0 Å². The second-order valence-electron chi connectivity index (χ2n) is 7.25. The van der Waals surface area contributed by atoms with E-state index in [0.717, 1.165) is 24.5 Å². The minimum Gasteiger partial charge on any atom is -0.269 e. The van der Waals surface area contributed by atoms with E-state index in [2.05, 4.69) is 23.0 Å². The normalized spacial score (nSPS) is 36.5. The van der Waals surface area contributed by atoms with Crippen LogP contribution in [0.1, 0.15) is 63.1 Å². The third-order valence-electron chi connectivity index (χ3n) is 6.06. The quantitative estimate of drug-likeness (QED) is 0.835. The van der Waals surface area contributed by atoms with Crippen molar-refractivity contribution in [3.63, 3.8) is 0 Å². The van der Waals surface area contributed by atoms with Gasteiger partial charge in [-0.2, -0.15) is 10.4 Å². The summed E-state index contributed by atoms with van der Waals surface area (Å²) in [7, 11) is 0. The molecule has 1 heterocycles. The van der Waals surface area contributed by atoms with Crippen molar-refractivity contribution in [3.8, 4) is 6.07 Å². The molecule has 3 atom stereocenters. The highest BCUT2D eigenvalue weighted by molar-refractivity contribution is 5.17. The van der Waals surface area contributed by atoms with Crippen LogP contribution >= 0.6 is 0 Å². The van der Waals surface area contributed by atoms with E-state index in [9.17, 15) is 5.26 Å². The fraction of sp³-hybridized carbons (Fsp3) is 0.765. The highest BCUT2D eigenvalue weighted by atomic mass is 15.3. The van der Waals surface area contributed by atoms with Gasteiger partial charge in [-0.25, -0.2) is 0 Å². The van der Waals surface area contributed by atoms with Gasteiger partial charge < -0.3 is 0 Å². The van der Waals surface area contributed by atoms with Crippen LogP contribution < -0.4 is 0 Å². The van der Waals surface area contributed by atoms with Gasteiger partial charge in [0.15, 0.2) is 0 Å². The zero-order valence-electron chi connectivity index (χ0n) is 12.1. The molecule has 0 amide bonds. The van der Waals surface area contributed by atoms with Crippen LogP contribution in [0.4, 0.5) is 0 Å². The van der Waals surface area contributed by atoms with Crippen molar-refractivity contribution in [2.75, 3.05) is 0 Å². The number of nitriles is 1. The Kier molecular flexibility index (Phi) is 2.87. The number of rotatable bonds is 3. The molecule has 0 aromatic carbocycles. The second kappa shape index (κ2) is 4.62. The first-order valence-electron chi connectivity index (χ1n) is 8.24. The minimum atomic E-state index is -0.0994. The van der Waals surface area contributed by atoms with Crippen LogP contribution in [0.3, 0.4) is 0 Å².